The number of amides is 1. The third kappa shape index (κ3) is 5.75. The van der Waals surface area contributed by atoms with Crippen LogP contribution in [0.4, 0.5) is 0 Å². The van der Waals surface area contributed by atoms with Gasteiger partial charge in [0.25, 0.3) is 5.91 Å². The van der Waals surface area contributed by atoms with Crippen molar-refractivity contribution < 1.29 is 27.4 Å². The number of rotatable bonds is 8. The van der Waals surface area contributed by atoms with Crippen molar-refractivity contribution in [2.45, 2.75) is 18.7 Å². The lowest BCUT2D eigenvalue weighted by Gasteiger charge is -2.26. The van der Waals surface area contributed by atoms with Gasteiger partial charge in [-0.3, -0.25) is 4.79 Å². The van der Waals surface area contributed by atoms with Gasteiger partial charge < -0.3 is 19.5 Å². The van der Waals surface area contributed by atoms with E-state index in [0.29, 0.717) is 48.9 Å². The molecule has 2 aromatic carbocycles. The van der Waals surface area contributed by atoms with Gasteiger partial charge in [-0.2, -0.15) is 4.31 Å². The summed E-state index contributed by atoms with van der Waals surface area (Å²) in [7, 11) is -0.277. The van der Waals surface area contributed by atoms with Crippen LogP contribution in [0.3, 0.4) is 0 Å². The van der Waals surface area contributed by atoms with E-state index in [1.165, 1.54) is 4.31 Å². The van der Waals surface area contributed by atoms with E-state index in [0.717, 1.165) is 5.56 Å². The molecule has 0 radical (unpaired) electrons. The van der Waals surface area contributed by atoms with Gasteiger partial charge in [0.05, 0.1) is 39.2 Å². The maximum Gasteiger partial charge on any atom is 0.251 e. The van der Waals surface area contributed by atoms with Crippen LogP contribution in [0.2, 0.25) is 0 Å². The zero-order valence-corrected chi connectivity index (χ0v) is 18.8. The lowest BCUT2D eigenvalue weighted by molar-refractivity contribution is 0.0729. The molecule has 0 unspecified atom stereocenters. The van der Waals surface area contributed by atoms with Gasteiger partial charge in [-0.15, -0.1) is 0 Å². The van der Waals surface area contributed by atoms with Crippen LogP contribution in [0.1, 0.15) is 34.5 Å². The van der Waals surface area contributed by atoms with Crippen molar-refractivity contribution >= 4 is 15.9 Å². The Morgan fingerprint density at radius 2 is 1.71 bits per heavy atom. The molecular formula is C22H28N2O6S. The average molecular weight is 449 g/mol. The minimum absolute atomic E-state index is 0.100. The highest BCUT2D eigenvalue weighted by atomic mass is 32.2. The zero-order chi connectivity index (χ0) is 22.4. The molecular weight excluding hydrogens is 420 g/mol. The summed E-state index contributed by atoms with van der Waals surface area (Å²) in [5, 5.41) is 2.94. The van der Waals surface area contributed by atoms with Gasteiger partial charge in [0.1, 0.15) is 0 Å². The first-order valence-corrected chi connectivity index (χ1v) is 11.6. The number of hydrogen-bond donors (Lipinski definition) is 1. The first-order valence-electron chi connectivity index (χ1n) is 10.0. The van der Waals surface area contributed by atoms with Crippen molar-refractivity contribution in [3.8, 4) is 11.5 Å². The number of morpholine rings is 1. The van der Waals surface area contributed by atoms with Crippen molar-refractivity contribution in [1.82, 2.24) is 9.62 Å². The van der Waals surface area contributed by atoms with Crippen LogP contribution in [0.15, 0.2) is 42.5 Å². The lowest BCUT2D eigenvalue weighted by atomic mass is 10.1. The third-order valence-electron chi connectivity index (χ3n) is 5.18. The third-order valence-corrected chi connectivity index (χ3v) is 7.03. The molecule has 1 fully saturated rings. The van der Waals surface area contributed by atoms with Gasteiger partial charge in [-0.25, -0.2) is 8.42 Å². The minimum Gasteiger partial charge on any atom is -0.493 e. The first kappa shape index (κ1) is 23.1. The predicted molar refractivity (Wildman–Crippen MR) is 117 cm³/mol. The monoisotopic (exact) mass is 448 g/mol. The van der Waals surface area contributed by atoms with Gasteiger partial charge in [0.2, 0.25) is 10.0 Å². The largest absolute Gasteiger partial charge is 0.493 e. The zero-order valence-electron chi connectivity index (χ0n) is 18.0. The summed E-state index contributed by atoms with van der Waals surface area (Å²) in [5.41, 5.74) is 1.97. The molecule has 0 aliphatic carbocycles. The van der Waals surface area contributed by atoms with Crippen LogP contribution >= 0.6 is 0 Å². The summed E-state index contributed by atoms with van der Waals surface area (Å²) in [6.45, 7) is 3.45. The second kappa shape index (κ2) is 10.1. The van der Waals surface area contributed by atoms with E-state index in [2.05, 4.69) is 5.32 Å². The van der Waals surface area contributed by atoms with Crippen molar-refractivity contribution in [3.63, 3.8) is 0 Å². The van der Waals surface area contributed by atoms with E-state index in [-0.39, 0.29) is 17.7 Å². The van der Waals surface area contributed by atoms with Gasteiger partial charge in [0, 0.05) is 18.7 Å². The maximum absolute atomic E-state index is 12.6. The van der Waals surface area contributed by atoms with Crippen LogP contribution in [0.25, 0.3) is 0 Å². The number of nitrogens with zero attached hydrogens (tertiary/aromatic N) is 1. The Kier molecular flexibility index (Phi) is 7.53. The molecule has 1 atom stereocenters. The quantitative estimate of drug-likeness (QED) is 0.666. The Labute approximate surface area is 183 Å². The molecule has 1 aliphatic heterocycles. The topological polar surface area (TPSA) is 94.2 Å². The summed E-state index contributed by atoms with van der Waals surface area (Å²) in [4.78, 5) is 12.6. The molecule has 2 aromatic rings. The van der Waals surface area contributed by atoms with Crippen LogP contribution in [0.5, 0.6) is 11.5 Å². The number of carbonyl (C=O) groups excluding carboxylic acids is 1. The van der Waals surface area contributed by atoms with Gasteiger partial charge in [0.15, 0.2) is 11.5 Å². The number of methoxy groups -OCH3 is 2. The number of carbonyl (C=O) groups is 1. The Balaban J connectivity index is 1.63. The smallest absolute Gasteiger partial charge is 0.251 e. The van der Waals surface area contributed by atoms with Crippen LogP contribution in [-0.2, 0) is 20.5 Å². The Hall–Kier alpha value is -2.62. The van der Waals surface area contributed by atoms with Crippen molar-refractivity contribution in [2.24, 2.45) is 0 Å². The average Bonchev–Trinajstić information content (AvgIpc) is 2.79. The summed E-state index contributed by atoms with van der Waals surface area (Å²) in [6, 6.07) is 11.9. The number of hydrogen-bond acceptors (Lipinski definition) is 6. The van der Waals surface area contributed by atoms with Crippen LogP contribution in [0, 0.1) is 0 Å². The highest BCUT2D eigenvalue weighted by molar-refractivity contribution is 7.88. The van der Waals surface area contributed by atoms with E-state index in [9.17, 15) is 13.2 Å². The number of nitrogens with one attached hydrogen (secondary N) is 1. The molecule has 31 heavy (non-hydrogen) atoms. The van der Waals surface area contributed by atoms with Crippen molar-refractivity contribution in [2.75, 3.05) is 40.5 Å². The standard InChI is InChI=1S/C22H28N2O6S/c1-16(19-8-9-20(28-2)21(14-19)29-3)23-22(25)18-6-4-17(5-7-18)15-31(26,27)24-10-12-30-13-11-24/h4-9,14,16H,10-13,15H2,1-3H3,(H,23,25)/t16-/m1/s1. The predicted octanol–water partition coefficient (Wildman–Crippen LogP) is 2.36. The summed E-state index contributed by atoms with van der Waals surface area (Å²) in [6.07, 6.45) is 0. The van der Waals surface area contributed by atoms with Gasteiger partial charge in [-0.1, -0.05) is 18.2 Å². The Morgan fingerprint density at radius 1 is 1.06 bits per heavy atom. The fourth-order valence-corrected chi connectivity index (χ4v) is 4.87. The van der Waals surface area contributed by atoms with Crippen molar-refractivity contribution in [1.29, 1.82) is 0 Å². The van der Waals surface area contributed by atoms with E-state index >= 15 is 0 Å². The fraction of sp³-hybridized carbons (Fsp3) is 0.409. The van der Waals surface area contributed by atoms with Crippen molar-refractivity contribution in [3.05, 3.63) is 59.2 Å². The summed E-state index contributed by atoms with van der Waals surface area (Å²) < 4.78 is 42.3. The highest BCUT2D eigenvalue weighted by Crippen LogP contribution is 2.30. The fourth-order valence-electron chi connectivity index (χ4n) is 3.36. The Morgan fingerprint density at radius 3 is 2.32 bits per heavy atom. The molecule has 9 heteroatoms. The van der Waals surface area contributed by atoms with Crippen LogP contribution < -0.4 is 14.8 Å². The molecule has 0 bridgehead atoms. The molecule has 1 heterocycles. The highest BCUT2D eigenvalue weighted by Gasteiger charge is 2.24. The van der Waals surface area contributed by atoms with E-state index in [4.69, 9.17) is 14.2 Å². The first-order chi connectivity index (χ1) is 14.8. The molecule has 1 N–H and O–H groups in total. The van der Waals surface area contributed by atoms with Gasteiger partial charge >= 0.3 is 0 Å². The van der Waals surface area contributed by atoms with Crippen LogP contribution in [-0.4, -0.2) is 59.2 Å². The molecule has 0 saturated carbocycles. The molecule has 1 aliphatic rings. The number of ether oxygens (including phenoxy) is 3. The van der Waals surface area contributed by atoms with E-state index in [1.807, 2.05) is 19.1 Å². The van der Waals surface area contributed by atoms with E-state index < -0.39 is 10.0 Å². The summed E-state index contributed by atoms with van der Waals surface area (Å²) in [5.74, 6) is 0.862. The molecule has 0 spiro atoms. The second-order valence-corrected chi connectivity index (χ2v) is 9.24. The molecule has 0 aromatic heterocycles. The second-order valence-electron chi connectivity index (χ2n) is 7.27. The molecule has 8 nitrogen and oxygen atoms in total. The molecule has 1 amide bonds. The summed E-state index contributed by atoms with van der Waals surface area (Å²) >= 11 is 0. The molecule has 1 saturated heterocycles. The lowest BCUT2D eigenvalue weighted by Crippen LogP contribution is -2.41. The van der Waals surface area contributed by atoms with E-state index in [1.54, 1.807) is 44.6 Å². The SMILES string of the molecule is COc1ccc([C@@H](C)NC(=O)c2ccc(CS(=O)(=O)N3CCOCC3)cc2)cc1OC. The number of benzene rings is 2. The normalized spacial score (nSPS) is 15.8. The molecule has 3 rings (SSSR count). The Bertz CT molecular complexity index is 1000. The number of sulfonamides is 1. The minimum atomic E-state index is -3.41. The molecule has 168 valence electrons. The maximum atomic E-state index is 12.6. The van der Waals surface area contributed by atoms with Gasteiger partial charge in [-0.05, 0) is 42.3 Å².